The number of nitriles is 1. The highest BCUT2D eigenvalue weighted by atomic mass is 19.4. The number of halogens is 3. The number of quaternary nitrogens is 1. The van der Waals surface area contributed by atoms with E-state index in [2.05, 4.69) is 37.6 Å². The van der Waals surface area contributed by atoms with E-state index in [-0.39, 0.29) is 17.1 Å². The van der Waals surface area contributed by atoms with Gasteiger partial charge >= 0.3 is 17.9 Å². The fourth-order valence-electron chi connectivity index (χ4n) is 5.38. The van der Waals surface area contributed by atoms with Crippen LogP contribution in [-0.4, -0.2) is 50.6 Å². The molecule has 1 N–H and O–H groups in total. The first-order valence-electron chi connectivity index (χ1n) is 14.4. The maximum absolute atomic E-state index is 14.1. The van der Waals surface area contributed by atoms with Crippen molar-refractivity contribution < 1.29 is 22.4 Å². The van der Waals surface area contributed by atoms with Gasteiger partial charge < -0.3 is 9.80 Å². The summed E-state index contributed by atoms with van der Waals surface area (Å²) in [6.07, 6.45) is -3.15. The maximum Gasteiger partial charge on any atom is 0.416 e. The second-order valence-electron chi connectivity index (χ2n) is 12.1. The normalized spacial score (nSPS) is 12.5. The fraction of sp³-hybridized carbons (Fsp3) is 0.235. The van der Waals surface area contributed by atoms with Crippen LogP contribution >= 0.6 is 0 Å². The topological polar surface area (TPSA) is 97.6 Å². The number of hydrogen-bond acceptors (Lipinski definition) is 4. The molecule has 1 atom stereocenters. The molecular formula is C34H33F3N7O2+. The van der Waals surface area contributed by atoms with Crippen molar-refractivity contribution in [2.75, 3.05) is 21.1 Å². The van der Waals surface area contributed by atoms with Crippen molar-refractivity contribution in [3.05, 3.63) is 123 Å². The van der Waals surface area contributed by atoms with Crippen LogP contribution in [0.2, 0.25) is 0 Å². The average molecular weight is 629 g/mol. The third-order valence-corrected chi connectivity index (χ3v) is 7.52. The Bertz CT molecular complexity index is 1990. The van der Waals surface area contributed by atoms with Crippen LogP contribution in [0.5, 0.6) is 0 Å². The molecule has 236 valence electrons. The Morgan fingerprint density at radius 1 is 1.00 bits per heavy atom. The molecular weight excluding hydrogens is 595 g/mol. The summed E-state index contributed by atoms with van der Waals surface area (Å²) in [7, 11) is 6.27. The highest BCUT2D eigenvalue weighted by Crippen LogP contribution is 2.32. The van der Waals surface area contributed by atoms with Crippen LogP contribution in [0, 0.1) is 18.3 Å². The van der Waals surface area contributed by atoms with Crippen LogP contribution in [0.1, 0.15) is 40.9 Å². The molecule has 0 aliphatic rings. The number of benzene rings is 3. The van der Waals surface area contributed by atoms with Gasteiger partial charge in [-0.2, -0.15) is 23.5 Å². The second-order valence-corrected chi connectivity index (χ2v) is 12.1. The monoisotopic (exact) mass is 628 g/mol. The zero-order valence-corrected chi connectivity index (χ0v) is 26.0. The van der Waals surface area contributed by atoms with Crippen molar-refractivity contribution in [3.63, 3.8) is 0 Å². The molecule has 1 unspecified atom stereocenters. The first kappa shape index (κ1) is 32.0. The molecule has 12 heteroatoms. The summed E-state index contributed by atoms with van der Waals surface area (Å²) in [5, 5.41) is 16.5. The van der Waals surface area contributed by atoms with E-state index in [1.807, 2.05) is 24.3 Å². The minimum absolute atomic E-state index is 0.0459. The summed E-state index contributed by atoms with van der Waals surface area (Å²) in [6.45, 7) is 4.16. The summed E-state index contributed by atoms with van der Waals surface area (Å²) in [6, 6.07) is 21.1. The maximum atomic E-state index is 14.1. The molecule has 9 nitrogen and oxygen atoms in total. The quantitative estimate of drug-likeness (QED) is 0.217. The smallest absolute Gasteiger partial charge is 0.331 e. The number of aromatic nitrogens is 4. The average Bonchev–Trinajstić information content (AvgIpc) is 3.58. The number of alkyl halides is 3. The van der Waals surface area contributed by atoms with E-state index in [0.717, 1.165) is 43.4 Å². The lowest BCUT2D eigenvalue weighted by atomic mass is 10.1. The lowest BCUT2D eigenvalue weighted by Gasteiger charge is -2.24. The summed E-state index contributed by atoms with van der Waals surface area (Å²) in [5.41, 5.74) is 1.81. The third kappa shape index (κ3) is 6.50. The van der Waals surface area contributed by atoms with Crippen LogP contribution in [0.15, 0.2) is 89.9 Å². The Hall–Kier alpha value is -5.41. The molecule has 0 saturated heterocycles. The van der Waals surface area contributed by atoms with Crippen LogP contribution < -0.4 is 11.0 Å². The number of imidazole rings is 1. The third-order valence-electron chi connectivity index (χ3n) is 7.52. The van der Waals surface area contributed by atoms with E-state index in [4.69, 9.17) is 0 Å². The van der Waals surface area contributed by atoms with Gasteiger partial charge in [0.2, 0.25) is 0 Å². The molecule has 1 amide bonds. The molecule has 46 heavy (non-hydrogen) atoms. The number of carbonyl (C=O) groups is 1. The lowest BCUT2D eigenvalue weighted by Crippen LogP contribution is -2.38. The molecule has 0 spiro atoms. The van der Waals surface area contributed by atoms with Gasteiger partial charge in [-0.1, -0.05) is 30.3 Å². The van der Waals surface area contributed by atoms with E-state index < -0.39 is 29.5 Å². The van der Waals surface area contributed by atoms with Gasteiger partial charge in [0.15, 0.2) is 0 Å². The Kier molecular flexibility index (Phi) is 8.47. The summed E-state index contributed by atoms with van der Waals surface area (Å²) < 4.78 is 45.2. The van der Waals surface area contributed by atoms with Crippen molar-refractivity contribution >= 4 is 6.03 Å². The predicted molar refractivity (Wildman–Crippen MR) is 168 cm³/mol. The van der Waals surface area contributed by atoms with E-state index in [1.54, 1.807) is 44.2 Å². The van der Waals surface area contributed by atoms with Gasteiger partial charge in [0, 0.05) is 5.56 Å². The summed E-state index contributed by atoms with van der Waals surface area (Å²) >= 11 is 0. The van der Waals surface area contributed by atoms with Crippen LogP contribution in [0.25, 0.3) is 22.8 Å². The fourth-order valence-corrected chi connectivity index (χ4v) is 5.38. The van der Waals surface area contributed by atoms with Crippen molar-refractivity contribution in [2.24, 2.45) is 0 Å². The minimum atomic E-state index is -4.64. The Balaban J connectivity index is 1.62. The molecule has 0 fully saturated rings. The standard InChI is InChI=1S/C34H32F3N7O2/c1-22(26-13-9-25(10-14-26)21-44(3,4)5)40-32(45)42-31(30-17-18-39-43(30)28-15-11-24(20-38)12-16-28)23(2)41(33(42)46)29-8-6-7-27(19-29)34(35,36)37/h6-19,22H,21H2,1-5H3/p+1. The largest absolute Gasteiger partial charge is 0.416 e. The number of hydrogen-bond donors (Lipinski definition) is 1. The van der Waals surface area contributed by atoms with Gasteiger partial charge in [0.25, 0.3) is 0 Å². The van der Waals surface area contributed by atoms with E-state index >= 15 is 0 Å². The highest BCUT2D eigenvalue weighted by Gasteiger charge is 2.32. The van der Waals surface area contributed by atoms with Gasteiger partial charge in [-0.25, -0.2) is 18.8 Å². The SMILES string of the molecule is Cc1c(-c2ccnn2-c2ccc(C#N)cc2)n(C(=O)NC(C)c2ccc(C[N+](C)(C)C)cc2)c(=O)n1-c1cccc(C(F)(F)F)c1. The lowest BCUT2D eigenvalue weighted by molar-refractivity contribution is -0.884. The number of rotatable bonds is 7. The van der Waals surface area contributed by atoms with E-state index in [1.165, 1.54) is 23.0 Å². The van der Waals surface area contributed by atoms with Crippen molar-refractivity contribution in [1.82, 2.24) is 24.2 Å². The van der Waals surface area contributed by atoms with Gasteiger partial charge in [-0.3, -0.25) is 4.57 Å². The molecule has 5 aromatic rings. The number of carbonyl (C=O) groups excluding carboxylic acids is 1. The molecule has 3 aromatic carbocycles. The number of nitrogens with one attached hydrogen (secondary N) is 1. The van der Waals surface area contributed by atoms with Gasteiger partial charge in [0.1, 0.15) is 12.2 Å². The molecule has 0 saturated carbocycles. The van der Waals surface area contributed by atoms with Gasteiger partial charge in [-0.05, 0) is 67.9 Å². The highest BCUT2D eigenvalue weighted by molar-refractivity contribution is 5.83. The first-order valence-corrected chi connectivity index (χ1v) is 14.4. The second kappa shape index (κ2) is 12.2. The van der Waals surface area contributed by atoms with Crippen molar-refractivity contribution in [2.45, 2.75) is 32.6 Å². The summed E-state index contributed by atoms with van der Waals surface area (Å²) in [4.78, 5) is 28.0. The van der Waals surface area contributed by atoms with Gasteiger partial charge in [0.05, 0.1) is 73.3 Å². The first-order chi connectivity index (χ1) is 21.7. The van der Waals surface area contributed by atoms with E-state index in [9.17, 15) is 28.0 Å². The van der Waals surface area contributed by atoms with Gasteiger partial charge in [-0.15, -0.1) is 0 Å². The van der Waals surface area contributed by atoms with Crippen molar-refractivity contribution in [1.29, 1.82) is 5.26 Å². The van der Waals surface area contributed by atoms with Crippen LogP contribution in [0.4, 0.5) is 18.0 Å². The minimum Gasteiger partial charge on any atom is -0.331 e. The zero-order chi connectivity index (χ0) is 33.4. The zero-order valence-electron chi connectivity index (χ0n) is 26.0. The Morgan fingerprint density at radius 3 is 2.28 bits per heavy atom. The number of nitrogens with zero attached hydrogens (tertiary/aromatic N) is 6. The molecule has 2 aromatic heterocycles. The van der Waals surface area contributed by atoms with Crippen LogP contribution in [-0.2, 0) is 12.7 Å². The van der Waals surface area contributed by atoms with E-state index in [0.29, 0.717) is 16.9 Å². The molecule has 0 aliphatic carbocycles. The summed E-state index contributed by atoms with van der Waals surface area (Å²) in [5.74, 6) is 0. The number of amides is 1. The Labute approximate surface area is 263 Å². The predicted octanol–water partition coefficient (Wildman–Crippen LogP) is 6.22. The molecule has 0 radical (unpaired) electrons. The van der Waals surface area contributed by atoms with Crippen molar-refractivity contribution in [3.8, 4) is 28.8 Å². The molecule has 2 heterocycles. The molecule has 5 rings (SSSR count). The Morgan fingerprint density at radius 2 is 1.67 bits per heavy atom. The van der Waals surface area contributed by atoms with Crippen LogP contribution in [0.3, 0.4) is 0 Å². The molecule has 0 bridgehead atoms. The molecule has 0 aliphatic heterocycles.